The molecule has 0 aliphatic carbocycles. The molecule has 0 radical (unpaired) electrons. The van der Waals surface area contributed by atoms with Crippen LogP contribution in [0.25, 0.3) is 0 Å². The second-order valence-electron chi connectivity index (χ2n) is 8.71. The summed E-state index contributed by atoms with van der Waals surface area (Å²) in [6.07, 6.45) is 1.03. The van der Waals surface area contributed by atoms with E-state index in [2.05, 4.69) is 45.8 Å². The third kappa shape index (κ3) is 7.23. The van der Waals surface area contributed by atoms with Crippen LogP contribution < -0.4 is 10.2 Å². The van der Waals surface area contributed by atoms with Gasteiger partial charge in [-0.1, -0.05) is 90.5 Å². The molecule has 0 spiro atoms. The van der Waals surface area contributed by atoms with Crippen molar-refractivity contribution in [2.24, 2.45) is 0 Å². The van der Waals surface area contributed by atoms with Gasteiger partial charge in [-0.3, -0.25) is 4.79 Å². The number of ether oxygens (including phenoxy) is 1. The first-order valence-electron chi connectivity index (χ1n) is 12.1. The van der Waals surface area contributed by atoms with E-state index in [4.69, 9.17) is 9.72 Å². The zero-order chi connectivity index (χ0) is 25.2. The highest BCUT2D eigenvalue weighted by Crippen LogP contribution is 2.23. The van der Waals surface area contributed by atoms with Crippen molar-refractivity contribution in [2.75, 3.05) is 31.7 Å². The number of carbonyl (C=O) groups excluding carboxylic acids is 1. The van der Waals surface area contributed by atoms with Gasteiger partial charge in [-0.25, -0.2) is 4.98 Å². The molecular weight excluding hydrogens is 468 g/mol. The minimum atomic E-state index is -0.199. The highest BCUT2D eigenvalue weighted by Gasteiger charge is 2.19. The molecular formula is C29H32N4O2S. The summed E-state index contributed by atoms with van der Waals surface area (Å²) in [7, 11) is 1.68. The minimum Gasteiger partial charge on any atom is -0.383 e. The molecule has 0 unspecified atom stereocenters. The number of hydrogen-bond acceptors (Lipinski definition) is 6. The van der Waals surface area contributed by atoms with E-state index in [0.29, 0.717) is 32.5 Å². The van der Waals surface area contributed by atoms with Gasteiger partial charge in [0.25, 0.3) is 0 Å². The van der Waals surface area contributed by atoms with Crippen LogP contribution in [0.4, 0.5) is 5.13 Å². The van der Waals surface area contributed by atoms with E-state index in [9.17, 15) is 4.79 Å². The molecule has 0 bridgehead atoms. The van der Waals surface area contributed by atoms with Crippen molar-refractivity contribution in [1.29, 1.82) is 0 Å². The third-order valence-electron chi connectivity index (χ3n) is 5.96. The first kappa shape index (κ1) is 25.5. The van der Waals surface area contributed by atoms with Gasteiger partial charge < -0.3 is 15.0 Å². The average molecular weight is 501 g/mol. The van der Waals surface area contributed by atoms with Crippen LogP contribution in [0, 0.1) is 6.92 Å². The van der Waals surface area contributed by atoms with Gasteiger partial charge in [0.15, 0.2) is 0 Å². The van der Waals surface area contributed by atoms with Gasteiger partial charge in [0.2, 0.25) is 11.0 Å². The second-order valence-corrected chi connectivity index (χ2v) is 9.44. The van der Waals surface area contributed by atoms with E-state index in [1.807, 2.05) is 60.7 Å². The zero-order valence-electron chi connectivity index (χ0n) is 20.8. The van der Waals surface area contributed by atoms with Crippen molar-refractivity contribution >= 4 is 22.6 Å². The number of rotatable bonds is 12. The number of aryl methyl sites for hydroxylation is 1. The highest BCUT2D eigenvalue weighted by atomic mass is 32.1. The van der Waals surface area contributed by atoms with Crippen LogP contribution in [-0.4, -0.2) is 42.1 Å². The number of nitrogens with zero attached hydrogens (tertiary/aromatic N) is 3. The SMILES string of the molecule is COCCN(CCC(=O)NC(c1ccccc1)c1ccccc1)c1nc(Cc2ccc(C)cc2)ns1. The van der Waals surface area contributed by atoms with Crippen molar-refractivity contribution < 1.29 is 9.53 Å². The molecule has 0 fully saturated rings. The predicted octanol–water partition coefficient (Wildman–Crippen LogP) is 5.19. The number of hydrogen-bond donors (Lipinski definition) is 1. The predicted molar refractivity (Wildman–Crippen MR) is 145 cm³/mol. The molecule has 3 aromatic carbocycles. The van der Waals surface area contributed by atoms with Gasteiger partial charge in [0.05, 0.1) is 12.6 Å². The lowest BCUT2D eigenvalue weighted by atomic mass is 9.98. The van der Waals surface area contributed by atoms with Crippen LogP contribution in [0.1, 0.15) is 40.5 Å². The number of nitrogens with one attached hydrogen (secondary N) is 1. The summed E-state index contributed by atoms with van der Waals surface area (Å²) < 4.78 is 9.87. The fourth-order valence-electron chi connectivity index (χ4n) is 3.96. The van der Waals surface area contributed by atoms with Crippen LogP contribution in [0.15, 0.2) is 84.9 Å². The fourth-order valence-corrected chi connectivity index (χ4v) is 4.69. The summed E-state index contributed by atoms with van der Waals surface area (Å²) >= 11 is 1.37. The Labute approximate surface area is 217 Å². The Kier molecular flexibility index (Phi) is 9.19. The summed E-state index contributed by atoms with van der Waals surface area (Å²) in [6.45, 7) is 3.80. The number of benzene rings is 3. The molecule has 1 N–H and O–H groups in total. The summed E-state index contributed by atoms with van der Waals surface area (Å²) in [5.74, 6) is 0.776. The number of methoxy groups -OCH3 is 1. The van der Waals surface area contributed by atoms with Crippen molar-refractivity contribution in [1.82, 2.24) is 14.7 Å². The van der Waals surface area contributed by atoms with Crippen LogP contribution >= 0.6 is 11.5 Å². The Hall–Kier alpha value is -3.55. The summed E-state index contributed by atoms with van der Waals surface area (Å²) in [5, 5.41) is 4.04. The van der Waals surface area contributed by atoms with Gasteiger partial charge in [0, 0.05) is 44.6 Å². The molecule has 1 aromatic heterocycles. The van der Waals surface area contributed by atoms with E-state index < -0.39 is 0 Å². The smallest absolute Gasteiger partial charge is 0.222 e. The molecule has 36 heavy (non-hydrogen) atoms. The van der Waals surface area contributed by atoms with E-state index in [1.54, 1.807) is 7.11 Å². The first-order valence-corrected chi connectivity index (χ1v) is 12.9. The molecule has 0 aliphatic heterocycles. The molecule has 0 saturated carbocycles. The summed E-state index contributed by atoms with van der Waals surface area (Å²) in [6, 6.07) is 28.3. The monoisotopic (exact) mass is 500 g/mol. The Morgan fingerprint density at radius 3 is 2.19 bits per heavy atom. The van der Waals surface area contributed by atoms with Gasteiger partial charge in [-0.2, -0.15) is 4.37 Å². The number of amides is 1. The van der Waals surface area contributed by atoms with Crippen LogP contribution in [0.5, 0.6) is 0 Å². The van der Waals surface area contributed by atoms with Gasteiger partial charge in [0.1, 0.15) is 5.82 Å². The largest absolute Gasteiger partial charge is 0.383 e. The van der Waals surface area contributed by atoms with Gasteiger partial charge >= 0.3 is 0 Å². The zero-order valence-corrected chi connectivity index (χ0v) is 21.6. The van der Waals surface area contributed by atoms with E-state index >= 15 is 0 Å². The molecule has 1 heterocycles. The van der Waals surface area contributed by atoms with Crippen LogP contribution in [0.3, 0.4) is 0 Å². The molecule has 6 nitrogen and oxygen atoms in total. The number of carbonyl (C=O) groups is 1. The van der Waals surface area contributed by atoms with Crippen LogP contribution in [0.2, 0.25) is 0 Å². The van der Waals surface area contributed by atoms with Crippen molar-refractivity contribution in [3.05, 3.63) is 113 Å². The van der Waals surface area contributed by atoms with Crippen molar-refractivity contribution in [2.45, 2.75) is 25.8 Å². The molecule has 0 aliphatic rings. The quantitative estimate of drug-likeness (QED) is 0.290. The van der Waals surface area contributed by atoms with Gasteiger partial charge in [-0.15, -0.1) is 0 Å². The second kappa shape index (κ2) is 13.0. The Balaban J connectivity index is 1.41. The lowest BCUT2D eigenvalue weighted by molar-refractivity contribution is -0.121. The topological polar surface area (TPSA) is 67.3 Å². The normalized spacial score (nSPS) is 11.0. The Morgan fingerprint density at radius 2 is 1.58 bits per heavy atom. The van der Waals surface area contributed by atoms with Crippen molar-refractivity contribution in [3.63, 3.8) is 0 Å². The molecule has 0 saturated heterocycles. The number of aromatic nitrogens is 2. The Morgan fingerprint density at radius 1 is 0.944 bits per heavy atom. The number of anilines is 1. The first-order chi connectivity index (χ1) is 17.6. The molecule has 1 amide bonds. The lowest BCUT2D eigenvalue weighted by Gasteiger charge is -2.23. The molecule has 7 heteroatoms. The van der Waals surface area contributed by atoms with Crippen LogP contribution in [-0.2, 0) is 16.0 Å². The molecule has 4 rings (SSSR count). The van der Waals surface area contributed by atoms with E-state index in [0.717, 1.165) is 22.1 Å². The highest BCUT2D eigenvalue weighted by molar-refractivity contribution is 7.09. The maximum absolute atomic E-state index is 13.1. The fraction of sp³-hybridized carbons (Fsp3) is 0.276. The minimum absolute atomic E-state index is 0.0143. The standard InChI is InChI=1S/C29H32N4O2S/c1-22-13-15-23(16-14-22)21-26-30-29(36-32-26)33(19-20-35-2)18-17-27(34)31-28(24-9-5-3-6-10-24)25-11-7-4-8-12-25/h3-16,28H,17-21H2,1-2H3,(H,31,34). The maximum atomic E-state index is 13.1. The lowest BCUT2D eigenvalue weighted by Crippen LogP contribution is -2.34. The molecule has 186 valence electrons. The summed E-state index contributed by atoms with van der Waals surface area (Å²) in [5.41, 5.74) is 4.52. The third-order valence-corrected chi connectivity index (χ3v) is 6.77. The average Bonchev–Trinajstić information content (AvgIpc) is 3.38. The van der Waals surface area contributed by atoms with Crippen molar-refractivity contribution in [3.8, 4) is 0 Å². The summed E-state index contributed by atoms with van der Waals surface area (Å²) in [4.78, 5) is 19.9. The van der Waals surface area contributed by atoms with E-state index in [-0.39, 0.29) is 11.9 Å². The van der Waals surface area contributed by atoms with E-state index in [1.165, 1.54) is 22.7 Å². The molecule has 0 atom stereocenters. The maximum Gasteiger partial charge on any atom is 0.222 e. The Bertz CT molecular complexity index is 1170. The van der Waals surface area contributed by atoms with Gasteiger partial charge in [-0.05, 0) is 23.6 Å². The molecule has 4 aromatic rings.